The van der Waals surface area contributed by atoms with Crippen molar-refractivity contribution in [3.05, 3.63) is 94.0 Å². The minimum absolute atomic E-state index is 0.0408. The van der Waals surface area contributed by atoms with Gasteiger partial charge in [-0.3, -0.25) is 9.69 Å². The van der Waals surface area contributed by atoms with E-state index in [0.29, 0.717) is 23.7 Å². The van der Waals surface area contributed by atoms with Crippen LogP contribution in [0, 0.1) is 0 Å². The van der Waals surface area contributed by atoms with Gasteiger partial charge in [-0.2, -0.15) is 0 Å². The molecule has 0 atom stereocenters. The second kappa shape index (κ2) is 9.44. The highest BCUT2D eigenvalue weighted by molar-refractivity contribution is 7.21. The molecular weight excluding hydrogens is 452 g/mol. The van der Waals surface area contributed by atoms with Gasteiger partial charge in [-0.25, -0.2) is 4.98 Å². The molecule has 178 valence electrons. The van der Waals surface area contributed by atoms with Gasteiger partial charge < -0.3 is 10.6 Å². The number of nitrogen functional groups attached to an aromatic ring is 1. The predicted molar refractivity (Wildman–Crippen MR) is 143 cm³/mol. The Labute approximate surface area is 210 Å². The summed E-state index contributed by atoms with van der Waals surface area (Å²) in [4.78, 5) is 24.4. The Hall–Kier alpha value is -3.22. The molecule has 2 aliphatic rings. The van der Waals surface area contributed by atoms with E-state index in [1.54, 1.807) is 0 Å². The topological polar surface area (TPSA) is 62.5 Å². The van der Waals surface area contributed by atoms with E-state index in [9.17, 15) is 4.79 Å². The van der Waals surface area contributed by atoms with E-state index < -0.39 is 0 Å². The van der Waals surface area contributed by atoms with Crippen molar-refractivity contribution in [3.63, 3.8) is 0 Å². The molecule has 6 rings (SSSR count). The normalized spacial score (nSPS) is 16.5. The van der Waals surface area contributed by atoms with Crippen LogP contribution < -0.4 is 5.73 Å². The van der Waals surface area contributed by atoms with Crippen LogP contribution in [0.4, 0.5) is 5.69 Å². The summed E-state index contributed by atoms with van der Waals surface area (Å²) in [5.74, 6) is 0.0408. The average molecular weight is 483 g/mol. The molecule has 0 bridgehead atoms. The Kier molecular flexibility index (Phi) is 6.00. The van der Waals surface area contributed by atoms with Crippen LogP contribution in [0.15, 0.2) is 66.7 Å². The number of aryl methyl sites for hydroxylation is 2. The lowest BCUT2D eigenvalue weighted by Crippen LogP contribution is -2.49. The lowest BCUT2D eigenvalue weighted by Gasteiger charge is -2.39. The maximum absolute atomic E-state index is 13.5. The van der Waals surface area contributed by atoms with Crippen LogP contribution in [0.2, 0.25) is 0 Å². The lowest BCUT2D eigenvalue weighted by atomic mass is 9.95. The summed E-state index contributed by atoms with van der Waals surface area (Å²) < 4.78 is 0. The number of carbonyl (C=O) groups excluding carboxylic acids is 1. The predicted octanol–water partition coefficient (Wildman–Crippen LogP) is 5.30. The summed E-state index contributed by atoms with van der Waals surface area (Å²) in [7, 11) is 0. The number of carbonyl (C=O) groups is 1. The molecule has 0 saturated carbocycles. The summed E-state index contributed by atoms with van der Waals surface area (Å²) in [5.41, 5.74) is 12.2. The SMILES string of the molecule is Nc1c(C(=O)N2CCN(C(c3ccccc3)c3ccccc3)CC2)sc2nc3c(cc12)CCCC3. The molecule has 6 heteroatoms. The van der Waals surface area contributed by atoms with Crippen molar-refractivity contribution < 1.29 is 4.79 Å². The van der Waals surface area contributed by atoms with E-state index in [1.165, 1.54) is 46.6 Å². The number of piperazine rings is 1. The number of amides is 1. The van der Waals surface area contributed by atoms with Crippen molar-refractivity contribution in [3.8, 4) is 0 Å². The average Bonchev–Trinajstić information content (AvgIpc) is 3.24. The number of hydrogen-bond acceptors (Lipinski definition) is 5. The molecule has 1 aliphatic carbocycles. The van der Waals surface area contributed by atoms with Gasteiger partial charge in [-0.15, -0.1) is 11.3 Å². The number of rotatable bonds is 4. The van der Waals surface area contributed by atoms with E-state index in [-0.39, 0.29) is 11.9 Å². The zero-order valence-corrected chi connectivity index (χ0v) is 20.6. The molecule has 0 unspecified atom stereocenters. The van der Waals surface area contributed by atoms with Crippen molar-refractivity contribution >= 4 is 33.1 Å². The summed E-state index contributed by atoms with van der Waals surface area (Å²) >= 11 is 1.46. The molecule has 2 N–H and O–H groups in total. The van der Waals surface area contributed by atoms with E-state index in [4.69, 9.17) is 10.7 Å². The Balaban J connectivity index is 1.22. The van der Waals surface area contributed by atoms with Gasteiger partial charge in [0.05, 0.1) is 11.7 Å². The van der Waals surface area contributed by atoms with Gasteiger partial charge in [0.25, 0.3) is 5.91 Å². The number of nitrogens with zero attached hydrogens (tertiary/aromatic N) is 3. The smallest absolute Gasteiger partial charge is 0.266 e. The molecular formula is C29H30N4OS. The van der Waals surface area contributed by atoms with Crippen LogP contribution in [-0.4, -0.2) is 46.9 Å². The van der Waals surface area contributed by atoms with Crippen molar-refractivity contribution in [1.29, 1.82) is 0 Å². The molecule has 1 fully saturated rings. The molecule has 5 nitrogen and oxygen atoms in total. The highest BCUT2D eigenvalue weighted by Crippen LogP contribution is 2.37. The number of pyridine rings is 1. The quantitative estimate of drug-likeness (QED) is 0.429. The third kappa shape index (κ3) is 4.21. The van der Waals surface area contributed by atoms with Gasteiger partial charge in [0, 0.05) is 37.3 Å². The number of aromatic nitrogens is 1. The van der Waals surface area contributed by atoms with Crippen molar-refractivity contribution in [2.24, 2.45) is 0 Å². The molecule has 3 heterocycles. The lowest BCUT2D eigenvalue weighted by molar-refractivity contribution is 0.0603. The largest absolute Gasteiger partial charge is 0.397 e. The van der Waals surface area contributed by atoms with Crippen molar-refractivity contribution in [2.75, 3.05) is 31.9 Å². The molecule has 4 aromatic rings. The van der Waals surface area contributed by atoms with Crippen LogP contribution in [-0.2, 0) is 12.8 Å². The number of hydrogen-bond donors (Lipinski definition) is 1. The second-order valence-electron chi connectivity index (χ2n) is 9.55. The van der Waals surface area contributed by atoms with Gasteiger partial charge in [0.2, 0.25) is 0 Å². The molecule has 2 aromatic heterocycles. The van der Waals surface area contributed by atoms with Crippen LogP contribution in [0.1, 0.15) is 50.9 Å². The number of nitrogens with two attached hydrogens (primary N) is 1. The first-order valence-corrected chi connectivity index (χ1v) is 13.3. The monoisotopic (exact) mass is 482 g/mol. The Morgan fingerprint density at radius 3 is 2.17 bits per heavy atom. The van der Waals surface area contributed by atoms with Gasteiger partial charge in [-0.05, 0) is 48.4 Å². The van der Waals surface area contributed by atoms with Crippen molar-refractivity contribution in [2.45, 2.75) is 31.7 Å². The minimum Gasteiger partial charge on any atom is -0.397 e. The van der Waals surface area contributed by atoms with Gasteiger partial charge in [-0.1, -0.05) is 60.7 Å². The van der Waals surface area contributed by atoms with Crippen molar-refractivity contribution in [1.82, 2.24) is 14.8 Å². The Morgan fingerprint density at radius 2 is 1.51 bits per heavy atom. The first-order valence-electron chi connectivity index (χ1n) is 12.5. The van der Waals surface area contributed by atoms with Gasteiger partial charge in [0.1, 0.15) is 9.71 Å². The van der Waals surface area contributed by atoms with Crippen LogP contribution in [0.5, 0.6) is 0 Å². The number of fused-ring (bicyclic) bond motifs is 2. The molecule has 1 saturated heterocycles. The van der Waals surface area contributed by atoms with Gasteiger partial charge >= 0.3 is 0 Å². The minimum atomic E-state index is 0.0408. The second-order valence-corrected chi connectivity index (χ2v) is 10.6. The number of benzene rings is 2. The molecule has 0 spiro atoms. The van der Waals surface area contributed by atoms with Crippen LogP contribution >= 0.6 is 11.3 Å². The van der Waals surface area contributed by atoms with E-state index in [1.807, 2.05) is 4.90 Å². The summed E-state index contributed by atoms with van der Waals surface area (Å²) in [5, 5.41) is 0.950. The van der Waals surface area contributed by atoms with E-state index in [2.05, 4.69) is 71.6 Å². The Morgan fingerprint density at radius 1 is 0.886 bits per heavy atom. The van der Waals surface area contributed by atoms with E-state index in [0.717, 1.165) is 36.1 Å². The summed E-state index contributed by atoms with van der Waals surface area (Å²) in [6.07, 6.45) is 4.48. The van der Waals surface area contributed by atoms with Crippen LogP contribution in [0.3, 0.4) is 0 Å². The fraction of sp³-hybridized carbons (Fsp3) is 0.310. The molecule has 35 heavy (non-hydrogen) atoms. The van der Waals surface area contributed by atoms with E-state index >= 15 is 0 Å². The Bertz CT molecular complexity index is 1300. The summed E-state index contributed by atoms with van der Waals surface area (Å²) in [6.45, 7) is 3.01. The fourth-order valence-electron chi connectivity index (χ4n) is 5.53. The zero-order chi connectivity index (χ0) is 23.8. The number of thiophene rings is 1. The third-order valence-corrected chi connectivity index (χ3v) is 8.49. The fourth-order valence-corrected chi connectivity index (χ4v) is 6.59. The first-order chi connectivity index (χ1) is 17.2. The third-order valence-electron chi connectivity index (χ3n) is 7.39. The first kappa shape index (κ1) is 22.3. The maximum Gasteiger partial charge on any atom is 0.266 e. The molecule has 1 amide bonds. The molecule has 1 aliphatic heterocycles. The zero-order valence-electron chi connectivity index (χ0n) is 19.8. The summed E-state index contributed by atoms with van der Waals surface area (Å²) in [6, 6.07) is 23.6. The molecule has 0 radical (unpaired) electrons. The highest BCUT2D eigenvalue weighted by atomic mass is 32.1. The maximum atomic E-state index is 13.5. The van der Waals surface area contributed by atoms with Gasteiger partial charge in [0.15, 0.2) is 0 Å². The number of anilines is 1. The standard InChI is InChI=1S/C29H30N4OS/c30-25-23-19-22-13-7-8-14-24(22)31-28(23)35-27(25)29(34)33-17-15-32(16-18-33)26(20-9-3-1-4-10-20)21-11-5-2-6-12-21/h1-6,9-12,19,26H,7-8,13-18,30H2. The molecule has 2 aromatic carbocycles. The van der Waals surface area contributed by atoms with Crippen LogP contribution in [0.25, 0.3) is 10.2 Å². The highest BCUT2D eigenvalue weighted by Gasteiger charge is 2.30.